The number of Topliss-reactive ketones (excluding diaryl/α,β-unsaturated/α-hetero) is 1. The van der Waals surface area contributed by atoms with Crippen molar-refractivity contribution in [1.29, 1.82) is 0 Å². The summed E-state index contributed by atoms with van der Waals surface area (Å²) in [5.74, 6) is -4.34. The van der Waals surface area contributed by atoms with Gasteiger partial charge in [0.1, 0.15) is 29.6 Å². The number of nitrogens with zero attached hydrogens (tertiary/aromatic N) is 2. The van der Waals surface area contributed by atoms with Crippen LogP contribution < -0.4 is 31.3 Å². The number of hydrogen-bond acceptors (Lipinski definition) is 9. The molecule has 0 aliphatic rings. The van der Waals surface area contributed by atoms with Crippen LogP contribution in [0.2, 0.25) is 0 Å². The number of benzene rings is 1. The molecule has 14 heteroatoms. The van der Waals surface area contributed by atoms with E-state index in [4.69, 9.17) is 4.74 Å². The first kappa shape index (κ1) is 39.3. The van der Waals surface area contributed by atoms with Crippen LogP contribution in [-0.4, -0.2) is 76.6 Å². The van der Waals surface area contributed by atoms with Gasteiger partial charge < -0.3 is 31.3 Å². The average molecular weight is 668 g/mol. The molecule has 0 radical (unpaired) electrons. The minimum atomic E-state index is -1.13. The number of amides is 5. The van der Waals surface area contributed by atoms with Crippen molar-refractivity contribution in [3.63, 3.8) is 0 Å². The summed E-state index contributed by atoms with van der Waals surface area (Å²) < 4.78 is 5.28. The number of carbonyl (C=O) groups is 6. The molecule has 0 spiro atoms. The number of carbonyl (C=O) groups excluding carboxylic acids is 6. The van der Waals surface area contributed by atoms with Crippen LogP contribution in [0.15, 0.2) is 42.9 Å². The van der Waals surface area contributed by atoms with Crippen LogP contribution in [0.4, 0.5) is 0 Å². The van der Waals surface area contributed by atoms with Gasteiger partial charge in [0.2, 0.25) is 23.5 Å². The Bertz CT molecular complexity index is 1420. The fourth-order valence-electron chi connectivity index (χ4n) is 4.80. The molecule has 1 aromatic carbocycles. The number of nitrogens with one attached hydrogen (secondary N) is 5. The monoisotopic (exact) mass is 667 g/mol. The molecule has 1 aromatic heterocycles. The van der Waals surface area contributed by atoms with Crippen molar-refractivity contribution >= 4 is 35.3 Å². The first-order valence-electron chi connectivity index (χ1n) is 16.1. The van der Waals surface area contributed by atoms with E-state index in [-0.39, 0.29) is 36.9 Å². The lowest BCUT2D eigenvalue weighted by atomic mass is 9.98. The van der Waals surface area contributed by atoms with Gasteiger partial charge in [-0.05, 0) is 36.7 Å². The summed E-state index contributed by atoms with van der Waals surface area (Å²) in [5.41, 5.74) is 0.715. The topological polar surface area (TPSA) is 198 Å². The van der Waals surface area contributed by atoms with Gasteiger partial charge in [0.25, 0.3) is 11.8 Å². The molecule has 4 atom stereocenters. The van der Waals surface area contributed by atoms with Crippen LogP contribution in [0.5, 0.6) is 5.75 Å². The Hall–Kier alpha value is -4.88. The molecule has 5 amide bonds. The van der Waals surface area contributed by atoms with Crippen LogP contribution >= 0.6 is 0 Å². The maximum Gasteiger partial charge on any atom is 0.289 e. The lowest BCUT2D eigenvalue weighted by molar-refractivity contribution is -0.140. The molecule has 0 saturated carbocycles. The Kier molecular flexibility index (Phi) is 15.6. The molecule has 0 fully saturated rings. The van der Waals surface area contributed by atoms with Crippen molar-refractivity contribution in [1.82, 2.24) is 36.6 Å². The quantitative estimate of drug-likeness (QED) is 0.147. The highest BCUT2D eigenvalue weighted by molar-refractivity contribution is 6.38. The van der Waals surface area contributed by atoms with Crippen LogP contribution in [0.3, 0.4) is 0 Å². The number of aromatic nitrogens is 2. The number of para-hydroxylation sites is 1. The van der Waals surface area contributed by atoms with E-state index in [1.54, 1.807) is 58.9 Å². The lowest BCUT2D eigenvalue weighted by Crippen LogP contribution is -2.60. The predicted octanol–water partition coefficient (Wildman–Crippen LogP) is 1.69. The van der Waals surface area contributed by atoms with Crippen LogP contribution in [0.25, 0.3) is 0 Å². The second-order valence-electron chi connectivity index (χ2n) is 12.5. The van der Waals surface area contributed by atoms with Gasteiger partial charge in [-0.1, -0.05) is 66.7 Å². The van der Waals surface area contributed by atoms with Crippen LogP contribution in [0, 0.1) is 17.8 Å². The van der Waals surface area contributed by atoms with E-state index < -0.39 is 65.4 Å². The normalized spacial score (nSPS) is 13.6. The number of ether oxygens (including phenoxy) is 1. The van der Waals surface area contributed by atoms with E-state index in [9.17, 15) is 28.8 Å². The predicted molar refractivity (Wildman–Crippen MR) is 178 cm³/mol. The lowest BCUT2D eigenvalue weighted by Gasteiger charge is -2.29. The zero-order valence-corrected chi connectivity index (χ0v) is 29.0. The minimum absolute atomic E-state index is 0.0327. The summed E-state index contributed by atoms with van der Waals surface area (Å²) in [6.07, 6.45) is 4.42. The Morgan fingerprint density at radius 1 is 0.771 bits per heavy atom. The van der Waals surface area contributed by atoms with Crippen molar-refractivity contribution in [3.8, 4) is 5.75 Å². The highest BCUT2D eigenvalue weighted by Gasteiger charge is 2.34. The van der Waals surface area contributed by atoms with Gasteiger partial charge in [0, 0.05) is 24.5 Å². The van der Waals surface area contributed by atoms with E-state index >= 15 is 0 Å². The van der Waals surface area contributed by atoms with E-state index in [2.05, 4.69) is 36.6 Å². The summed E-state index contributed by atoms with van der Waals surface area (Å²) in [7, 11) is 1.50. The molecule has 14 nitrogen and oxygen atoms in total. The number of rotatable bonds is 18. The summed E-state index contributed by atoms with van der Waals surface area (Å²) in [5, 5.41) is 13.3. The average Bonchev–Trinajstić information content (AvgIpc) is 3.06. The highest BCUT2D eigenvalue weighted by Crippen LogP contribution is 2.17. The Balaban J connectivity index is 2.13. The molecule has 0 aliphatic carbocycles. The third-order valence-corrected chi connectivity index (χ3v) is 7.52. The summed E-state index contributed by atoms with van der Waals surface area (Å²) in [6.45, 7) is 12.4. The first-order chi connectivity index (χ1) is 22.7. The molecular weight excluding hydrogens is 618 g/mol. The third kappa shape index (κ3) is 11.7. The van der Waals surface area contributed by atoms with Gasteiger partial charge in [-0.2, -0.15) is 0 Å². The minimum Gasteiger partial charge on any atom is -0.496 e. The fraction of sp³-hybridized carbons (Fsp3) is 0.529. The molecule has 0 aliphatic heterocycles. The molecule has 0 saturated heterocycles. The van der Waals surface area contributed by atoms with Gasteiger partial charge in [0.15, 0.2) is 0 Å². The standard InChI is InChI=1S/C34H49N7O7/c1-9-23(29(42)34(47)37-17-22-12-10-11-13-26(22)48-8)38-30(43)24(16-19(2)3)39-32(45)27(20(4)5)41-33(46)28(21(6)7)40-31(44)25-18-35-14-15-36-25/h10-15,18-21,23-24,27-28H,9,16-17H2,1-8H3,(H,37,47)(H,38,43)(H,39,45)(H,40,44)(H,41,46)/t23-,24-,27-,28-/m0/s1. The molecule has 48 heavy (non-hydrogen) atoms. The van der Waals surface area contributed by atoms with Gasteiger partial charge in [-0.15, -0.1) is 0 Å². The third-order valence-electron chi connectivity index (χ3n) is 7.52. The molecule has 0 bridgehead atoms. The SMILES string of the molecule is CC[C@H](NC(=O)[C@H](CC(C)C)NC(=O)[C@@H](NC(=O)[C@@H](NC(=O)c1cnccn1)C(C)C)C(C)C)C(=O)C(=O)NCc1ccccc1OC. The van der Waals surface area contributed by atoms with Crippen LogP contribution in [-0.2, 0) is 30.5 Å². The largest absolute Gasteiger partial charge is 0.496 e. The van der Waals surface area contributed by atoms with Gasteiger partial charge in [0.05, 0.1) is 19.3 Å². The second kappa shape index (κ2) is 19.1. The van der Waals surface area contributed by atoms with Crippen molar-refractivity contribution in [2.45, 2.75) is 92.0 Å². The van der Waals surface area contributed by atoms with E-state index in [0.29, 0.717) is 11.3 Å². The summed E-state index contributed by atoms with van der Waals surface area (Å²) in [4.78, 5) is 86.7. The molecule has 2 aromatic rings. The molecular formula is C34H49N7O7. The number of ketones is 1. The van der Waals surface area contributed by atoms with Gasteiger partial charge in [-0.3, -0.25) is 33.8 Å². The van der Waals surface area contributed by atoms with E-state index in [1.807, 2.05) is 13.8 Å². The molecule has 262 valence electrons. The van der Waals surface area contributed by atoms with Crippen molar-refractivity contribution in [3.05, 3.63) is 54.1 Å². The number of methoxy groups -OCH3 is 1. The molecule has 5 N–H and O–H groups in total. The van der Waals surface area contributed by atoms with Crippen LogP contribution in [0.1, 0.15) is 77.4 Å². The zero-order valence-electron chi connectivity index (χ0n) is 29.0. The molecule has 0 unspecified atom stereocenters. The summed E-state index contributed by atoms with van der Waals surface area (Å²) in [6, 6.07) is 2.81. The highest BCUT2D eigenvalue weighted by atomic mass is 16.5. The number of hydrogen-bond donors (Lipinski definition) is 5. The maximum atomic E-state index is 13.6. The van der Waals surface area contributed by atoms with Gasteiger partial charge >= 0.3 is 0 Å². The van der Waals surface area contributed by atoms with Gasteiger partial charge in [-0.25, -0.2) is 4.98 Å². The maximum absolute atomic E-state index is 13.6. The Morgan fingerprint density at radius 2 is 1.38 bits per heavy atom. The van der Waals surface area contributed by atoms with Crippen molar-refractivity contribution in [2.24, 2.45) is 17.8 Å². The first-order valence-corrected chi connectivity index (χ1v) is 16.1. The molecule has 1 heterocycles. The Morgan fingerprint density at radius 3 is 1.94 bits per heavy atom. The Labute approximate surface area is 282 Å². The zero-order chi connectivity index (χ0) is 36.0. The smallest absolute Gasteiger partial charge is 0.289 e. The van der Waals surface area contributed by atoms with E-state index in [0.717, 1.165) is 0 Å². The summed E-state index contributed by atoms with van der Waals surface area (Å²) >= 11 is 0. The van der Waals surface area contributed by atoms with E-state index in [1.165, 1.54) is 25.7 Å². The van der Waals surface area contributed by atoms with Crippen molar-refractivity contribution in [2.75, 3.05) is 7.11 Å². The van der Waals surface area contributed by atoms with Crippen molar-refractivity contribution < 1.29 is 33.5 Å². The second-order valence-corrected chi connectivity index (χ2v) is 12.5. The molecule has 2 rings (SSSR count). The fourth-order valence-corrected chi connectivity index (χ4v) is 4.80.